The van der Waals surface area contributed by atoms with Gasteiger partial charge >= 0.3 is 0 Å². The van der Waals surface area contributed by atoms with Crippen LogP contribution in [0.1, 0.15) is 36.3 Å². The van der Waals surface area contributed by atoms with Gasteiger partial charge in [0.15, 0.2) is 0 Å². The van der Waals surface area contributed by atoms with E-state index >= 15 is 0 Å². The van der Waals surface area contributed by atoms with Crippen molar-refractivity contribution in [1.29, 1.82) is 0 Å². The number of fused-ring (bicyclic) bond motifs is 1. The zero-order valence-corrected chi connectivity index (χ0v) is 13.5. The quantitative estimate of drug-likeness (QED) is 0.738. The molecule has 0 amide bonds. The van der Waals surface area contributed by atoms with E-state index in [1.54, 1.807) is 0 Å². The van der Waals surface area contributed by atoms with E-state index < -0.39 is 0 Å². The van der Waals surface area contributed by atoms with Gasteiger partial charge in [0, 0.05) is 36.6 Å². The highest BCUT2D eigenvalue weighted by molar-refractivity contribution is 5.79. The van der Waals surface area contributed by atoms with Gasteiger partial charge in [-0.15, -0.1) is 0 Å². The first-order valence-corrected chi connectivity index (χ1v) is 8.13. The molecule has 4 nitrogen and oxygen atoms in total. The summed E-state index contributed by atoms with van der Waals surface area (Å²) in [5.41, 5.74) is 4.90. The Morgan fingerprint density at radius 3 is 2.74 bits per heavy atom. The number of aryl methyl sites for hydroxylation is 2. The minimum Gasteiger partial charge on any atom is -0.328 e. The molecule has 1 aromatic carbocycles. The molecule has 2 aromatic heterocycles. The van der Waals surface area contributed by atoms with E-state index in [1.165, 1.54) is 16.8 Å². The lowest BCUT2D eigenvalue weighted by Crippen LogP contribution is -2.09. The Balaban J connectivity index is 1.70. The van der Waals surface area contributed by atoms with Gasteiger partial charge < -0.3 is 9.13 Å². The van der Waals surface area contributed by atoms with Crippen LogP contribution in [0, 0.1) is 6.92 Å². The molecule has 0 saturated heterocycles. The zero-order valence-electron chi connectivity index (χ0n) is 13.5. The summed E-state index contributed by atoms with van der Waals surface area (Å²) in [4.78, 5) is 8.86. The minimum absolute atomic E-state index is 0.929. The topological polar surface area (TPSA) is 35.6 Å². The summed E-state index contributed by atoms with van der Waals surface area (Å²) in [5.74, 6) is 2.18. The normalized spacial score (nSPS) is 13.7. The third-order valence-corrected chi connectivity index (χ3v) is 4.52. The lowest BCUT2D eigenvalue weighted by atomic mass is 9.99. The Morgan fingerprint density at radius 2 is 1.96 bits per heavy atom. The summed E-state index contributed by atoms with van der Waals surface area (Å²) in [6, 6.07) is 8.72. The van der Waals surface area contributed by atoms with Crippen molar-refractivity contribution in [3.63, 3.8) is 0 Å². The zero-order chi connectivity index (χ0) is 15.8. The summed E-state index contributed by atoms with van der Waals surface area (Å²) in [6.07, 6.45) is 10.2. The molecule has 3 aromatic rings. The summed E-state index contributed by atoms with van der Waals surface area (Å²) in [7, 11) is 0. The van der Waals surface area contributed by atoms with Crippen LogP contribution in [-0.4, -0.2) is 19.1 Å². The number of benzene rings is 1. The van der Waals surface area contributed by atoms with Crippen molar-refractivity contribution < 1.29 is 0 Å². The molecule has 0 unspecified atom stereocenters. The Morgan fingerprint density at radius 1 is 1.13 bits per heavy atom. The minimum atomic E-state index is 0.929. The van der Waals surface area contributed by atoms with Gasteiger partial charge in [-0.05, 0) is 31.0 Å². The lowest BCUT2D eigenvalue weighted by molar-refractivity contribution is 0.665. The van der Waals surface area contributed by atoms with E-state index in [-0.39, 0.29) is 0 Å². The highest BCUT2D eigenvalue weighted by Crippen LogP contribution is 2.29. The van der Waals surface area contributed by atoms with Gasteiger partial charge in [-0.3, -0.25) is 0 Å². The second kappa shape index (κ2) is 5.54. The fraction of sp³-hybridized carbons (Fsp3) is 0.263. The highest BCUT2D eigenvalue weighted by atomic mass is 15.1. The standard InChI is InChI=1S/C19H20N4/c1-3-19-20-10-12-23(19)16-8-6-15(7-9-16)17-5-4-11-22-14(2)21-13-18(17)22/h5-10,12-13H,3-4,11H2,1-2H3. The van der Waals surface area contributed by atoms with Gasteiger partial charge in [0.25, 0.3) is 0 Å². The Bertz CT molecular complexity index is 865. The molecule has 0 saturated carbocycles. The number of hydrogen-bond donors (Lipinski definition) is 0. The predicted molar refractivity (Wildman–Crippen MR) is 91.6 cm³/mol. The van der Waals surface area contributed by atoms with Gasteiger partial charge in [-0.2, -0.15) is 0 Å². The highest BCUT2D eigenvalue weighted by Gasteiger charge is 2.16. The molecular weight excluding hydrogens is 284 g/mol. The maximum absolute atomic E-state index is 4.46. The molecule has 0 aliphatic carbocycles. The molecule has 0 atom stereocenters. The van der Waals surface area contributed by atoms with Crippen molar-refractivity contribution >= 4 is 5.57 Å². The van der Waals surface area contributed by atoms with Gasteiger partial charge in [-0.25, -0.2) is 9.97 Å². The maximum Gasteiger partial charge on any atom is 0.112 e. The van der Waals surface area contributed by atoms with E-state index in [0.717, 1.165) is 36.7 Å². The van der Waals surface area contributed by atoms with Crippen LogP contribution in [-0.2, 0) is 13.0 Å². The van der Waals surface area contributed by atoms with Crippen molar-refractivity contribution in [2.75, 3.05) is 0 Å². The van der Waals surface area contributed by atoms with Crippen molar-refractivity contribution in [2.45, 2.75) is 33.2 Å². The van der Waals surface area contributed by atoms with Crippen LogP contribution >= 0.6 is 0 Å². The molecule has 23 heavy (non-hydrogen) atoms. The summed E-state index contributed by atoms with van der Waals surface area (Å²) >= 11 is 0. The van der Waals surface area contributed by atoms with Crippen LogP contribution in [0.2, 0.25) is 0 Å². The Kier molecular flexibility index (Phi) is 3.37. The van der Waals surface area contributed by atoms with E-state index in [2.05, 4.69) is 63.3 Å². The van der Waals surface area contributed by atoms with Gasteiger partial charge in [-0.1, -0.05) is 25.1 Å². The van der Waals surface area contributed by atoms with Crippen LogP contribution in [0.4, 0.5) is 0 Å². The second-order valence-electron chi connectivity index (χ2n) is 5.86. The van der Waals surface area contributed by atoms with Crippen LogP contribution in [0.3, 0.4) is 0 Å². The Labute approximate surface area is 136 Å². The van der Waals surface area contributed by atoms with Crippen molar-refractivity contribution in [3.05, 3.63) is 71.8 Å². The van der Waals surface area contributed by atoms with Crippen molar-refractivity contribution in [1.82, 2.24) is 19.1 Å². The first-order valence-electron chi connectivity index (χ1n) is 8.13. The van der Waals surface area contributed by atoms with Crippen LogP contribution in [0.25, 0.3) is 11.3 Å². The van der Waals surface area contributed by atoms with E-state index in [4.69, 9.17) is 0 Å². The fourth-order valence-electron chi connectivity index (χ4n) is 3.31. The Hall–Kier alpha value is -2.62. The number of imidazole rings is 2. The fourth-order valence-corrected chi connectivity index (χ4v) is 3.31. The lowest BCUT2D eigenvalue weighted by Gasteiger charge is -2.18. The predicted octanol–water partition coefficient (Wildman–Crippen LogP) is 3.78. The first-order chi connectivity index (χ1) is 11.3. The molecule has 0 N–H and O–H groups in total. The number of nitrogens with zero attached hydrogens (tertiary/aromatic N) is 4. The van der Waals surface area contributed by atoms with Crippen molar-refractivity contribution in [3.8, 4) is 5.69 Å². The third kappa shape index (κ3) is 2.31. The van der Waals surface area contributed by atoms with Gasteiger partial charge in [0.05, 0.1) is 11.9 Å². The van der Waals surface area contributed by atoms with E-state index in [1.807, 2.05) is 18.6 Å². The molecule has 3 heterocycles. The molecule has 0 radical (unpaired) electrons. The molecule has 1 aliphatic rings. The van der Waals surface area contributed by atoms with E-state index in [0.29, 0.717) is 0 Å². The van der Waals surface area contributed by atoms with Gasteiger partial charge in [0.1, 0.15) is 11.6 Å². The number of allylic oxidation sites excluding steroid dienone is 1. The van der Waals surface area contributed by atoms with Crippen molar-refractivity contribution in [2.24, 2.45) is 0 Å². The monoisotopic (exact) mass is 304 g/mol. The molecule has 0 fully saturated rings. The summed E-state index contributed by atoms with van der Waals surface area (Å²) in [5, 5.41) is 0. The van der Waals surface area contributed by atoms with Crippen LogP contribution < -0.4 is 0 Å². The summed E-state index contributed by atoms with van der Waals surface area (Å²) < 4.78 is 4.45. The first kappa shape index (κ1) is 14.0. The third-order valence-electron chi connectivity index (χ3n) is 4.52. The maximum atomic E-state index is 4.46. The SMILES string of the molecule is CCc1nccn1-c1ccc(C2=CCCn3c2cnc3C)cc1. The molecule has 116 valence electrons. The van der Waals surface area contributed by atoms with Crippen LogP contribution in [0.5, 0.6) is 0 Å². The van der Waals surface area contributed by atoms with E-state index in [9.17, 15) is 0 Å². The average Bonchev–Trinajstić information content (AvgIpc) is 3.22. The molecule has 0 spiro atoms. The van der Waals surface area contributed by atoms with Crippen LogP contribution in [0.15, 0.2) is 48.9 Å². The number of rotatable bonds is 3. The molecule has 0 bridgehead atoms. The summed E-state index contributed by atoms with van der Waals surface area (Å²) in [6.45, 7) is 5.22. The smallest absolute Gasteiger partial charge is 0.112 e. The largest absolute Gasteiger partial charge is 0.328 e. The van der Waals surface area contributed by atoms with Gasteiger partial charge in [0.2, 0.25) is 0 Å². The molecular formula is C19H20N4. The molecule has 1 aliphatic heterocycles. The molecule has 4 heteroatoms. The number of hydrogen-bond acceptors (Lipinski definition) is 2. The molecule has 4 rings (SSSR count). The number of aromatic nitrogens is 4. The average molecular weight is 304 g/mol. The second-order valence-corrected chi connectivity index (χ2v) is 5.86.